The lowest BCUT2D eigenvalue weighted by Crippen LogP contribution is -2.29. The third-order valence-electron chi connectivity index (χ3n) is 5.76. The summed E-state index contributed by atoms with van der Waals surface area (Å²) in [6.45, 7) is 1.62. The topological polar surface area (TPSA) is 56.0 Å². The first-order chi connectivity index (χ1) is 15.2. The van der Waals surface area contributed by atoms with Crippen molar-refractivity contribution >= 4 is 38.6 Å². The van der Waals surface area contributed by atoms with Crippen molar-refractivity contribution in [2.24, 2.45) is 0 Å². The van der Waals surface area contributed by atoms with Crippen LogP contribution in [0.15, 0.2) is 89.9 Å². The van der Waals surface area contributed by atoms with E-state index in [0.29, 0.717) is 17.3 Å². The molecule has 0 saturated carbocycles. The van der Waals surface area contributed by atoms with Gasteiger partial charge in [-0.1, -0.05) is 42.5 Å². The van der Waals surface area contributed by atoms with Crippen LogP contribution in [0.1, 0.15) is 6.42 Å². The van der Waals surface area contributed by atoms with Crippen molar-refractivity contribution in [3.8, 4) is 0 Å². The van der Waals surface area contributed by atoms with Gasteiger partial charge in [0.2, 0.25) is 5.91 Å². The van der Waals surface area contributed by atoms with E-state index in [-0.39, 0.29) is 17.9 Å². The van der Waals surface area contributed by atoms with Crippen LogP contribution in [0, 0.1) is 0 Å². The maximum absolute atomic E-state index is 12.8. The minimum absolute atomic E-state index is 0.00167. The molecule has 0 bridgehead atoms. The fraction of sp³-hybridized carbons (Fsp3) is 0.154. The molecular formula is C26H23N3O2. The standard InChI is InChI=1S/C26H23N3O2/c30-25(27-15-7-16-28-17-14-19-8-1-4-11-22(19)28)18-29-23-12-5-2-9-20(23)26(31)21-10-3-6-13-24(21)29/h1-6,8-14,17H,7,15-16,18H2,(H,27,30). The molecular weight excluding hydrogens is 386 g/mol. The molecule has 2 aromatic heterocycles. The maximum atomic E-state index is 12.8. The van der Waals surface area contributed by atoms with Gasteiger partial charge in [0.15, 0.2) is 5.43 Å². The van der Waals surface area contributed by atoms with Gasteiger partial charge in [0.1, 0.15) is 6.54 Å². The molecule has 0 unspecified atom stereocenters. The first-order valence-electron chi connectivity index (χ1n) is 10.5. The van der Waals surface area contributed by atoms with Crippen LogP contribution in [0.5, 0.6) is 0 Å². The van der Waals surface area contributed by atoms with Crippen molar-refractivity contribution in [2.75, 3.05) is 6.54 Å². The number of hydrogen-bond acceptors (Lipinski definition) is 2. The maximum Gasteiger partial charge on any atom is 0.239 e. The van der Waals surface area contributed by atoms with E-state index in [1.807, 2.05) is 65.2 Å². The van der Waals surface area contributed by atoms with Crippen LogP contribution < -0.4 is 10.7 Å². The number of amides is 1. The normalized spacial score (nSPS) is 11.4. The van der Waals surface area contributed by atoms with Crippen molar-refractivity contribution in [1.82, 2.24) is 14.5 Å². The third-order valence-corrected chi connectivity index (χ3v) is 5.76. The van der Waals surface area contributed by atoms with Crippen LogP contribution in [-0.2, 0) is 17.9 Å². The second kappa shape index (κ2) is 8.11. The molecule has 5 heteroatoms. The molecule has 31 heavy (non-hydrogen) atoms. The second-order valence-corrected chi connectivity index (χ2v) is 7.72. The number of para-hydroxylation sites is 3. The molecule has 2 heterocycles. The lowest BCUT2D eigenvalue weighted by Gasteiger charge is -2.15. The van der Waals surface area contributed by atoms with E-state index >= 15 is 0 Å². The van der Waals surface area contributed by atoms with E-state index in [0.717, 1.165) is 24.0 Å². The number of aromatic nitrogens is 2. The first-order valence-corrected chi connectivity index (χ1v) is 10.5. The Hall–Kier alpha value is -3.86. The summed E-state index contributed by atoms with van der Waals surface area (Å²) in [7, 11) is 0. The number of benzene rings is 3. The molecule has 1 N–H and O–H groups in total. The molecule has 0 aliphatic heterocycles. The van der Waals surface area contributed by atoms with Gasteiger partial charge in [-0.3, -0.25) is 9.59 Å². The number of pyridine rings is 1. The van der Waals surface area contributed by atoms with Crippen molar-refractivity contribution in [3.05, 3.63) is 95.3 Å². The fourth-order valence-corrected chi connectivity index (χ4v) is 4.26. The predicted octanol–water partition coefficient (Wildman–Crippen LogP) is 4.32. The Morgan fingerprint density at radius 2 is 1.39 bits per heavy atom. The average Bonchev–Trinajstić information content (AvgIpc) is 3.23. The van der Waals surface area contributed by atoms with Crippen molar-refractivity contribution < 1.29 is 4.79 Å². The van der Waals surface area contributed by atoms with Crippen LogP contribution in [-0.4, -0.2) is 21.6 Å². The van der Waals surface area contributed by atoms with Gasteiger partial charge in [-0.25, -0.2) is 0 Å². The van der Waals surface area contributed by atoms with E-state index < -0.39 is 0 Å². The number of carbonyl (C=O) groups is 1. The monoisotopic (exact) mass is 409 g/mol. The summed E-state index contributed by atoms with van der Waals surface area (Å²) in [4.78, 5) is 25.6. The van der Waals surface area contributed by atoms with Gasteiger partial charge < -0.3 is 14.5 Å². The fourth-order valence-electron chi connectivity index (χ4n) is 4.26. The van der Waals surface area contributed by atoms with Crippen LogP contribution in [0.4, 0.5) is 0 Å². The predicted molar refractivity (Wildman–Crippen MR) is 125 cm³/mol. The van der Waals surface area contributed by atoms with Crippen LogP contribution in [0.3, 0.4) is 0 Å². The Morgan fingerprint density at radius 1 is 0.774 bits per heavy atom. The Balaban J connectivity index is 1.31. The third kappa shape index (κ3) is 3.59. The SMILES string of the molecule is O=C(Cn1c2ccccc2c(=O)c2ccccc21)NCCCn1ccc2ccccc21. The molecule has 0 aliphatic rings. The number of hydrogen-bond donors (Lipinski definition) is 1. The lowest BCUT2D eigenvalue weighted by atomic mass is 10.1. The molecule has 154 valence electrons. The average molecular weight is 409 g/mol. The molecule has 0 radical (unpaired) electrons. The number of rotatable bonds is 6. The molecule has 0 saturated heterocycles. The van der Waals surface area contributed by atoms with Crippen LogP contribution >= 0.6 is 0 Å². The molecule has 5 aromatic rings. The molecule has 0 fully saturated rings. The van der Waals surface area contributed by atoms with Gasteiger partial charge in [0.25, 0.3) is 0 Å². The number of aryl methyl sites for hydroxylation is 1. The Bertz CT molecular complexity index is 1400. The van der Waals surface area contributed by atoms with Gasteiger partial charge in [-0.2, -0.15) is 0 Å². The molecule has 0 atom stereocenters. The van der Waals surface area contributed by atoms with E-state index in [1.165, 1.54) is 10.9 Å². The van der Waals surface area contributed by atoms with Gasteiger partial charge in [-0.05, 0) is 48.2 Å². The zero-order chi connectivity index (χ0) is 21.2. The summed E-state index contributed by atoms with van der Waals surface area (Å²) in [6.07, 6.45) is 2.93. The van der Waals surface area contributed by atoms with Crippen LogP contribution in [0.25, 0.3) is 32.7 Å². The van der Waals surface area contributed by atoms with Gasteiger partial charge >= 0.3 is 0 Å². The molecule has 0 aliphatic carbocycles. The van der Waals surface area contributed by atoms with Gasteiger partial charge in [0, 0.05) is 35.6 Å². The van der Waals surface area contributed by atoms with Crippen molar-refractivity contribution in [2.45, 2.75) is 19.5 Å². The highest BCUT2D eigenvalue weighted by Crippen LogP contribution is 2.19. The quantitative estimate of drug-likeness (QED) is 0.336. The molecule has 5 nitrogen and oxygen atoms in total. The smallest absolute Gasteiger partial charge is 0.239 e. The first kappa shape index (κ1) is 19.1. The molecule has 1 amide bonds. The summed E-state index contributed by atoms with van der Waals surface area (Å²) in [5.41, 5.74) is 2.77. The molecule has 5 rings (SSSR count). The number of carbonyl (C=O) groups excluding carboxylic acids is 1. The van der Waals surface area contributed by atoms with E-state index in [2.05, 4.69) is 34.3 Å². The van der Waals surface area contributed by atoms with Gasteiger partial charge in [0.05, 0.1) is 11.0 Å². The molecule has 0 spiro atoms. The highest BCUT2D eigenvalue weighted by atomic mass is 16.2. The van der Waals surface area contributed by atoms with Crippen molar-refractivity contribution in [3.63, 3.8) is 0 Å². The minimum atomic E-state index is -0.0590. The van der Waals surface area contributed by atoms with E-state index in [4.69, 9.17) is 0 Å². The zero-order valence-electron chi connectivity index (χ0n) is 17.1. The summed E-state index contributed by atoms with van der Waals surface area (Å²) in [5.74, 6) is -0.0590. The Labute approximate surface area is 179 Å². The summed E-state index contributed by atoms with van der Waals surface area (Å²) in [6, 6.07) is 25.3. The van der Waals surface area contributed by atoms with Crippen LogP contribution in [0.2, 0.25) is 0 Å². The lowest BCUT2D eigenvalue weighted by molar-refractivity contribution is -0.121. The highest BCUT2D eigenvalue weighted by molar-refractivity contribution is 5.94. The van der Waals surface area contributed by atoms with E-state index in [1.54, 1.807) is 0 Å². The number of fused-ring (bicyclic) bond motifs is 3. The van der Waals surface area contributed by atoms with E-state index in [9.17, 15) is 9.59 Å². The highest BCUT2D eigenvalue weighted by Gasteiger charge is 2.12. The summed E-state index contributed by atoms with van der Waals surface area (Å²) < 4.78 is 4.14. The largest absolute Gasteiger partial charge is 0.354 e. The summed E-state index contributed by atoms with van der Waals surface area (Å²) in [5, 5.41) is 5.53. The Kier molecular flexibility index (Phi) is 5.00. The Morgan fingerprint density at radius 3 is 2.10 bits per heavy atom. The van der Waals surface area contributed by atoms with Crippen molar-refractivity contribution in [1.29, 1.82) is 0 Å². The van der Waals surface area contributed by atoms with Gasteiger partial charge in [-0.15, -0.1) is 0 Å². The molecule has 3 aromatic carbocycles. The number of nitrogens with zero attached hydrogens (tertiary/aromatic N) is 2. The minimum Gasteiger partial charge on any atom is -0.354 e. The number of nitrogens with one attached hydrogen (secondary N) is 1. The zero-order valence-corrected chi connectivity index (χ0v) is 17.1. The summed E-state index contributed by atoms with van der Waals surface area (Å²) >= 11 is 0. The second-order valence-electron chi connectivity index (χ2n) is 7.72.